The minimum absolute atomic E-state index is 0.102. The Bertz CT molecular complexity index is 385. The smallest absolute Gasteiger partial charge is 0.319 e. The van der Waals surface area contributed by atoms with Crippen molar-refractivity contribution in [2.75, 3.05) is 11.9 Å². The summed E-state index contributed by atoms with van der Waals surface area (Å²) in [6.45, 7) is 4.06. The lowest BCUT2D eigenvalue weighted by Gasteiger charge is -2.08. The molecule has 1 aliphatic rings. The van der Waals surface area contributed by atoms with Crippen molar-refractivity contribution >= 4 is 11.7 Å². The third-order valence-electron chi connectivity index (χ3n) is 2.88. The molecule has 18 heavy (non-hydrogen) atoms. The van der Waals surface area contributed by atoms with E-state index in [1.807, 2.05) is 24.3 Å². The highest BCUT2D eigenvalue weighted by Gasteiger charge is 2.22. The van der Waals surface area contributed by atoms with Crippen LogP contribution in [0.1, 0.15) is 31.7 Å². The Balaban J connectivity index is 1.77. The maximum atomic E-state index is 11.5. The van der Waals surface area contributed by atoms with Crippen LogP contribution in [0, 0.1) is 0 Å². The van der Waals surface area contributed by atoms with E-state index < -0.39 is 0 Å². The van der Waals surface area contributed by atoms with E-state index >= 15 is 0 Å². The lowest BCUT2D eigenvalue weighted by atomic mass is 10.2. The number of carbonyl (C=O) groups excluding carboxylic acids is 1. The highest BCUT2D eigenvalue weighted by molar-refractivity contribution is 5.89. The van der Waals surface area contributed by atoms with Gasteiger partial charge in [0.15, 0.2) is 0 Å². The van der Waals surface area contributed by atoms with E-state index in [-0.39, 0.29) is 6.03 Å². The molecule has 0 radical (unpaired) electrons. The molecule has 2 amide bonds. The van der Waals surface area contributed by atoms with Gasteiger partial charge in [0.05, 0.1) is 0 Å². The average Bonchev–Trinajstić information content (AvgIpc) is 3.15. The van der Waals surface area contributed by atoms with Crippen LogP contribution >= 0.6 is 0 Å². The van der Waals surface area contributed by atoms with Gasteiger partial charge < -0.3 is 16.0 Å². The SMILES string of the molecule is CCCNCc1ccc(NC(=O)NC2CC2)cc1. The van der Waals surface area contributed by atoms with Gasteiger partial charge in [0.1, 0.15) is 0 Å². The van der Waals surface area contributed by atoms with E-state index in [0.717, 1.165) is 38.0 Å². The third kappa shape index (κ3) is 4.37. The van der Waals surface area contributed by atoms with Gasteiger partial charge in [-0.05, 0) is 43.5 Å². The van der Waals surface area contributed by atoms with Crippen LogP contribution < -0.4 is 16.0 Å². The van der Waals surface area contributed by atoms with E-state index in [2.05, 4.69) is 22.9 Å². The highest BCUT2D eigenvalue weighted by atomic mass is 16.2. The molecule has 0 spiro atoms. The van der Waals surface area contributed by atoms with E-state index in [9.17, 15) is 4.79 Å². The molecule has 0 aromatic heterocycles. The molecule has 1 aromatic carbocycles. The van der Waals surface area contributed by atoms with Crippen molar-refractivity contribution in [3.63, 3.8) is 0 Å². The highest BCUT2D eigenvalue weighted by Crippen LogP contribution is 2.18. The lowest BCUT2D eigenvalue weighted by molar-refractivity contribution is 0.251. The number of nitrogens with one attached hydrogen (secondary N) is 3. The summed E-state index contributed by atoms with van der Waals surface area (Å²) in [5.74, 6) is 0. The topological polar surface area (TPSA) is 53.2 Å². The summed E-state index contributed by atoms with van der Waals surface area (Å²) in [4.78, 5) is 11.5. The molecule has 0 bridgehead atoms. The second-order valence-electron chi connectivity index (χ2n) is 4.75. The molecule has 3 N–H and O–H groups in total. The number of carbonyl (C=O) groups is 1. The van der Waals surface area contributed by atoms with Gasteiger partial charge in [0, 0.05) is 18.3 Å². The number of benzene rings is 1. The molecule has 1 aliphatic carbocycles. The zero-order valence-corrected chi connectivity index (χ0v) is 10.8. The predicted molar refractivity (Wildman–Crippen MR) is 73.6 cm³/mol. The van der Waals surface area contributed by atoms with Crippen LogP contribution in [-0.2, 0) is 6.54 Å². The number of amides is 2. The van der Waals surface area contributed by atoms with Crippen molar-refractivity contribution in [3.05, 3.63) is 29.8 Å². The van der Waals surface area contributed by atoms with Gasteiger partial charge in [0.2, 0.25) is 0 Å². The molecule has 4 heteroatoms. The minimum atomic E-state index is -0.102. The third-order valence-corrected chi connectivity index (χ3v) is 2.88. The second-order valence-corrected chi connectivity index (χ2v) is 4.75. The Hall–Kier alpha value is -1.55. The molecule has 0 aliphatic heterocycles. The van der Waals surface area contributed by atoms with E-state index in [1.54, 1.807) is 0 Å². The fourth-order valence-electron chi connectivity index (χ4n) is 1.70. The first-order valence-corrected chi connectivity index (χ1v) is 6.65. The van der Waals surface area contributed by atoms with Crippen LogP contribution in [0.2, 0.25) is 0 Å². The summed E-state index contributed by atoms with van der Waals surface area (Å²) >= 11 is 0. The molecule has 0 unspecified atom stereocenters. The second kappa shape index (κ2) is 6.40. The molecule has 1 fully saturated rings. The fraction of sp³-hybridized carbons (Fsp3) is 0.500. The van der Waals surface area contributed by atoms with Crippen LogP contribution in [0.5, 0.6) is 0 Å². The van der Waals surface area contributed by atoms with Crippen molar-refractivity contribution < 1.29 is 4.79 Å². The molecule has 0 atom stereocenters. The molecule has 1 aromatic rings. The minimum Gasteiger partial charge on any atom is -0.335 e. The molecular weight excluding hydrogens is 226 g/mol. The Morgan fingerprint density at radius 3 is 2.61 bits per heavy atom. The van der Waals surface area contributed by atoms with Gasteiger partial charge in [-0.1, -0.05) is 19.1 Å². The van der Waals surface area contributed by atoms with Gasteiger partial charge in [-0.25, -0.2) is 4.79 Å². The molecule has 98 valence electrons. The first kappa shape index (κ1) is 12.9. The van der Waals surface area contributed by atoms with Gasteiger partial charge in [-0.2, -0.15) is 0 Å². The van der Waals surface area contributed by atoms with Gasteiger partial charge in [-0.15, -0.1) is 0 Å². The Morgan fingerprint density at radius 1 is 1.28 bits per heavy atom. The predicted octanol–water partition coefficient (Wildman–Crippen LogP) is 2.47. The Morgan fingerprint density at radius 2 is 2.00 bits per heavy atom. The Kier molecular flexibility index (Phi) is 4.59. The fourth-order valence-corrected chi connectivity index (χ4v) is 1.70. The van der Waals surface area contributed by atoms with Crippen molar-refractivity contribution in [3.8, 4) is 0 Å². The molecule has 2 rings (SSSR count). The quantitative estimate of drug-likeness (QED) is 0.676. The van der Waals surface area contributed by atoms with Crippen LogP contribution in [0.25, 0.3) is 0 Å². The van der Waals surface area contributed by atoms with E-state index in [4.69, 9.17) is 0 Å². The first-order chi connectivity index (χ1) is 8.78. The summed E-state index contributed by atoms with van der Waals surface area (Å²) in [5, 5.41) is 9.08. The largest absolute Gasteiger partial charge is 0.335 e. The number of hydrogen-bond donors (Lipinski definition) is 3. The van der Waals surface area contributed by atoms with Crippen LogP contribution in [0.4, 0.5) is 10.5 Å². The number of rotatable bonds is 6. The van der Waals surface area contributed by atoms with Gasteiger partial charge in [-0.3, -0.25) is 0 Å². The maximum Gasteiger partial charge on any atom is 0.319 e. The molecule has 4 nitrogen and oxygen atoms in total. The molecular formula is C14H21N3O. The molecule has 0 saturated heterocycles. The van der Waals surface area contributed by atoms with E-state index in [1.165, 1.54) is 5.56 Å². The van der Waals surface area contributed by atoms with Crippen molar-refractivity contribution in [2.24, 2.45) is 0 Å². The Labute approximate surface area is 108 Å². The zero-order valence-electron chi connectivity index (χ0n) is 10.8. The van der Waals surface area contributed by atoms with Crippen molar-refractivity contribution in [1.29, 1.82) is 0 Å². The summed E-state index contributed by atoms with van der Waals surface area (Å²) < 4.78 is 0. The zero-order chi connectivity index (χ0) is 12.8. The summed E-state index contributed by atoms with van der Waals surface area (Å²) in [5.41, 5.74) is 2.07. The normalized spacial score (nSPS) is 14.3. The number of hydrogen-bond acceptors (Lipinski definition) is 2. The van der Waals surface area contributed by atoms with Crippen molar-refractivity contribution in [1.82, 2.24) is 10.6 Å². The van der Waals surface area contributed by atoms with Crippen LogP contribution in [0.15, 0.2) is 24.3 Å². The maximum absolute atomic E-state index is 11.5. The lowest BCUT2D eigenvalue weighted by Crippen LogP contribution is -2.30. The van der Waals surface area contributed by atoms with Gasteiger partial charge in [0.25, 0.3) is 0 Å². The molecule has 1 saturated carbocycles. The van der Waals surface area contributed by atoms with E-state index in [0.29, 0.717) is 6.04 Å². The standard InChI is InChI=1S/C14H21N3O/c1-2-9-15-10-11-3-5-12(6-4-11)16-14(18)17-13-7-8-13/h3-6,13,15H,2,7-10H2,1H3,(H2,16,17,18). The van der Waals surface area contributed by atoms with Crippen LogP contribution in [0.3, 0.4) is 0 Å². The van der Waals surface area contributed by atoms with Crippen molar-refractivity contribution in [2.45, 2.75) is 38.8 Å². The average molecular weight is 247 g/mol. The van der Waals surface area contributed by atoms with Gasteiger partial charge >= 0.3 is 6.03 Å². The summed E-state index contributed by atoms with van der Waals surface area (Å²) in [6, 6.07) is 8.24. The molecule has 0 heterocycles. The monoisotopic (exact) mass is 247 g/mol. The number of anilines is 1. The van der Waals surface area contributed by atoms with Crippen LogP contribution in [-0.4, -0.2) is 18.6 Å². The summed E-state index contributed by atoms with van der Waals surface area (Å²) in [6.07, 6.45) is 3.35. The summed E-state index contributed by atoms with van der Waals surface area (Å²) in [7, 11) is 0. The first-order valence-electron chi connectivity index (χ1n) is 6.65. The number of urea groups is 1.